The standard InChI is InChI=1S/C17H23N5OS.C2HF3O2/c1-2-16(23)20-8-4-15-13(11-20)10-14(12-21-7-3-5-19-21)22(15)17-18-6-9-24-17;3-2(4,5)1(6)7/h3,5-7,9,13-15H,2,4,8,10-12H2,1H3;(H,6,7)/t13-,14+,15+;/m1./s1. The Balaban J connectivity index is 0.000000339. The van der Waals surface area contributed by atoms with Gasteiger partial charge in [-0.1, -0.05) is 6.92 Å². The maximum Gasteiger partial charge on any atom is 0.490 e. The highest BCUT2D eigenvalue weighted by atomic mass is 32.1. The molecule has 0 radical (unpaired) electrons. The summed E-state index contributed by atoms with van der Waals surface area (Å²) >= 11 is 1.71. The number of hydrogen-bond donors (Lipinski definition) is 1. The molecule has 0 unspecified atom stereocenters. The second-order valence-corrected chi connectivity index (χ2v) is 8.32. The van der Waals surface area contributed by atoms with Gasteiger partial charge in [-0.15, -0.1) is 11.3 Å². The fourth-order valence-electron chi connectivity index (χ4n) is 4.23. The van der Waals surface area contributed by atoms with E-state index in [-0.39, 0.29) is 5.91 Å². The number of amides is 1. The maximum atomic E-state index is 12.1. The molecule has 0 bridgehead atoms. The Morgan fingerprint density at radius 2 is 2.06 bits per heavy atom. The van der Waals surface area contributed by atoms with Crippen LogP contribution in [0.2, 0.25) is 0 Å². The van der Waals surface area contributed by atoms with Crippen LogP contribution in [0.25, 0.3) is 0 Å². The summed E-state index contributed by atoms with van der Waals surface area (Å²) in [7, 11) is 0. The molecule has 2 aromatic heterocycles. The van der Waals surface area contributed by atoms with Crippen LogP contribution in [0.3, 0.4) is 0 Å². The fourth-order valence-corrected chi connectivity index (χ4v) is 5.00. The van der Waals surface area contributed by atoms with E-state index in [9.17, 15) is 18.0 Å². The first-order valence-corrected chi connectivity index (χ1v) is 10.8. The van der Waals surface area contributed by atoms with Crippen molar-refractivity contribution in [1.82, 2.24) is 19.7 Å². The molecule has 2 aliphatic heterocycles. The molecular formula is C19H24F3N5O3S. The van der Waals surface area contributed by atoms with Crippen LogP contribution in [-0.2, 0) is 16.1 Å². The van der Waals surface area contributed by atoms with Crippen molar-refractivity contribution in [1.29, 1.82) is 0 Å². The Hall–Kier alpha value is -2.63. The number of anilines is 1. The fraction of sp³-hybridized carbons (Fsp3) is 0.579. The van der Waals surface area contributed by atoms with Crippen molar-refractivity contribution in [2.24, 2.45) is 5.92 Å². The first-order valence-electron chi connectivity index (χ1n) is 9.93. The number of piperidine rings is 1. The summed E-state index contributed by atoms with van der Waals surface area (Å²) in [6, 6.07) is 2.84. The number of carboxylic acids is 1. The molecule has 1 amide bonds. The number of hydrogen-bond acceptors (Lipinski definition) is 6. The Morgan fingerprint density at radius 1 is 1.32 bits per heavy atom. The van der Waals surface area contributed by atoms with Crippen LogP contribution in [0.4, 0.5) is 18.3 Å². The van der Waals surface area contributed by atoms with E-state index in [2.05, 4.69) is 19.9 Å². The van der Waals surface area contributed by atoms with Crippen LogP contribution in [0.5, 0.6) is 0 Å². The summed E-state index contributed by atoms with van der Waals surface area (Å²) in [5, 5.41) is 14.7. The first kappa shape index (κ1) is 23.0. The van der Waals surface area contributed by atoms with E-state index in [1.165, 1.54) is 0 Å². The Morgan fingerprint density at radius 3 is 2.61 bits per heavy atom. The quantitative estimate of drug-likeness (QED) is 0.756. The molecule has 8 nitrogen and oxygen atoms in total. The minimum atomic E-state index is -5.08. The predicted octanol–water partition coefficient (Wildman–Crippen LogP) is 2.88. The average molecular weight is 459 g/mol. The molecule has 0 spiro atoms. The predicted molar refractivity (Wildman–Crippen MR) is 108 cm³/mol. The second-order valence-electron chi connectivity index (χ2n) is 7.45. The van der Waals surface area contributed by atoms with Crippen molar-refractivity contribution in [2.75, 3.05) is 18.0 Å². The molecule has 3 atom stereocenters. The molecule has 0 aliphatic carbocycles. The molecular weight excluding hydrogens is 435 g/mol. The van der Waals surface area contributed by atoms with Gasteiger partial charge in [-0.25, -0.2) is 9.78 Å². The number of aliphatic carboxylic acids is 1. The van der Waals surface area contributed by atoms with Crippen LogP contribution in [0.1, 0.15) is 26.2 Å². The molecule has 31 heavy (non-hydrogen) atoms. The van der Waals surface area contributed by atoms with Gasteiger partial charge in [0, 0.05) is 49.5 Å². The molecule has 4 heterocycles. The van der Waals surface area contributed by atoms with Gasteiger partial charge in [0.25, 0.3) is 0 Å². The van der Waals surface area contributed by atoms with E-state index in [0.29, 0.717) is 24.4 Å². The lowest BCUT2D eigenvalue weighted by atomic mass is 9.92. The minimum Gasteiger partial charge on any atom is -0.475 e. The molecule has 2 aromatic rings. The summed E-state index contributed by atoms with van der Waals surface area (Å²) in [5.74, 6) is -1.95. The Kier molecular flexibility index (Phi) is 7.19. The summed E-state index contributed by atoms with van der Waals surface area (Å²) < 4.78 is 33.7. The van der Waals surface area contributed by atoms with Gasteiger partial charge in [-0.3, -0.25) is 9.48 Å². The number of alkyl halides is 3. The number of likely N-dealkylation sites (tertiary alicyclic amines) is 1. The zero-order valence-corrected chi connectivity index (χ0v) is 17.7. The highest BCUT2D eigenvalue weighted by Crippen LogP contribution is 2.40. The number of nitrogens with zero attached hydrogens (tertiary/aromatic N) is 5. The third-order valence-corrected chi connectivity index (χ3v) is 6.30. The summed E-state index contributed by atoms with van der Waals surface area (Å²) in [6.45, 7) is 4.58. The van der Waals surface area contributed by atoms with E-state index in [4.69, 9.17) is 9.90 Å². The van der Waals surface area contributed by atoms with Gasteiger partial charge >= 0.3 is 12.1 Å². The van der Waals surface area contributed by atoms with Crippen LogP contribution in [-0.4, -0.2) is 68.0 Å². The average Bonchev–Trinajstić information content (AvgIpc) is 3.47. The first-order chi connectivity index (χ1) is 14.7. The van der Waals surface area contributed by atoms with Gasteiger partial charge < -0.3 is 14.9 Å². The number of carbonyl (C=O) groups is 2. The summed E-state index contributed by atoms with van der Waals surface area (Å²) in [4.78, 5) is 30.1. The highest BCUT2D eigenvalue weighted by molar-refractivity contribution is 7.13. The molecule has 2 aliphatic rings. The van der Waals surface area contributed by atoms with E-state index in [1.54, 1.807) is 11.3 Å². The topological polar surface area (TPSA) is 91.6 Å². The highest BCUT2D eigenvalue weighted by Gasteiger charge is 2.45. The second kappa shape index (κ2) is 9.67. The maximum absolute atomic E-state index is 12.1. The minimum absolute atomic E-state index is 0.282. The molecule has 4 rings (SSSR count). The molecule has 12 heteroatoms. The molecule has 0 aromatic carbocycles. The molecule has 0 saturated carbocycles. The van der Waals surface area contributed by atoms with Gasteiger partial charge in [-0.05, 0) is 24.8 Å². The number of aromatic nitrogens is 3. The number of halogens is 3. The van der Waals surface area contributed by atoms with E-state index < -0.39 is 12.1 Å². The van der Waals surface area contributed by atoms with Crippen molar-refractivity contribution < 1.29 is 27.9 Å². The Labute approximate surface area is 181 Å². The summed E-state index contributed by atoms with van der Waals surface area (Å²) in [5.41, 5.74) is 0. The van der Waals surface area contributed by atoms with Gasteiger partial charge in [0.15, 0.2) is 5.13 Å². The largest absolute Gasteiger partial charge is 0.490 e. The van der Waals surface area contributed by atoms with Crippen molar-refractivity contribution in [3.63, 3.8) is 0 Å². The van der Waals surface area contributed by atoms with Crippen molar-refractivity contribution in [3.8, 4) is 0 Å². The van der Waals surface area contributed by atoms with Crippen LogP contribution in [0, 0.1) is 5.92 Å². The zero-order valence-electron chi connectivity index (χ0n) is 16.9. The Bertz CT molecular complexity index is 860. The third kappa shape index (κ3) is 5.54. The van der Waals surface area contributed by atoms with Crippen LogP contribution in [0.15, 0.2) is 30.0 Å². The van der Waals surface area contributed by atoms with Gasteiger partial charge in [0.1, 0.15) is 0 Å². The lowest BCUT2D eigenvalue weighted by Crippen LogP contribution is -2.49. The van der Waals surface area contributed by atoms with Crippen molar-refractivity contribution in [2.45, 2.75) is 51.0 Å². The number of carboxylic acid groups (broad SMARTS) is 1. The van der Waals surface area contributed by atoms with Gasteiger partial charge in [0.05, 0.1) is 12.6 Å². The number of rotatable bonds is 4. The monoisotopic (exact) mass is 459 g/mol. The van der Waals surface area contributed by atoms with E-state index >= 15 is 0 Å². The third-order valence-electron chi connectivity index (χ3n) is 5.51. The number of carbonyl (C=O) groups excluding carboxylic acids is 1. The summed E-state index contributed by atoms with van der Waals surface area (Å²) in [6.07, 6.45) is 3.38. The lowest BCUT2D eigenvalue weighted by Gasteiger charge is -2.38. The number of thiazole rings is 1. The lowest BCUT2D eigenvalue weighted by molar-refractivity contribution is -0.192. The van der Waals surface area contributed by atoms with Gasteiger partial charge in [0.2, 0.25) is 5.91 Å². The van der Waals surface area contributed by atoms with Crippen molar-refractivity contribution >= 4 is 28.3 Å². The van der Waals surface area contributed by atoms with Gasteiger partial charge in [-0.2, -0.15) is 18.3 Å². The SMILES string of the molecule is CCC(=O)N1CC[C@H]2[C@H](C[C@@H](Cn3cccn3)N2c2nccs2)C1.O=C(O)C(F)(F)F. The van der Waals surface area contributed by atoms with Crippen LogP contribution >= 0.6 is 11.3 Å². The van der Waals surface area contributed by atoms with E-state index in [1.807, 2.05) is 41.6 Å². The smallest absolute Gasteiger partial charge is 0.475 e. The number of fused-ring (bicyclic) bond motifs is 1. The zero-order chi connectivity index (χ0) is 22.6. The molecule has 170 valence electrons. The van der Waals surface area contributed by atoms with E-state index in [0.717, 1.165) is 37.6 Å². The van der Waals surface area contributed by atoms with Crippen molar-refractivity contribution in [3.05, 3.63) is 30.0 Å². The molecule has 1 N–H and O–H groups in total. The molecule has 2 saturated heterocycles. The molecule has 2 fully saturated rings. The normalized spacial score (nSPS) is 23.2. The van der Waals surface area contributed by atoms with Crippen LogP contribution < -0.4 is 4.90 Å².